The fraction of sp³-hybridized carbons (Fsp3) is 0.533. The third-order valence-electron chi connectivity index (χ3n) is 9.30. The van der Waals surface area contributed by atoms with E-state index in [-0.39, 0.29) is 22.4 Å². The van der Waals surface area contributed by atoms with E-state index in [0.717, 1.165) is 69.2 Å². The fourth-order valence-electron chi connectivity index (χ4n) is 6.66. The number of rotatable bonds is 7. The van der Waals surface area contributed by atoms with Crippen LogP contribution in [0.3, 0.4) is 0 Å². The normalized spacial score (nSPS) is 27.5. The first-order valence-corrected chi connectivity index (χ1v) is 13.1. The Morgan fingerprint density at radius 2 is 1.66 bits per heavy atom. The average Bonchev–Trinajstić information content (AvgIpc) is 3.13. The summed E-state index contributed by atoms with van der Waals surface area (Å²) < 4.78 is 5.30. The number of nitrogens with zero attached hydrogens (tertiary/aromatic N) is 3. The molecule has 2 aliphatic carbocycles. The van der Waals surface area contributed by atoms with Gasteiger partial charge in [0.2, 0.25) is 0 Å². The lowest BCUT2D eigenvalue weighted by Crippen LogP contribution is -2.56. The standard InChI is InChI=1S/C30H37N3O2/c1-3-29(25-8-5-4-6-9-25)16-18-30(19-17-29)23-32(20-24-10-12-26(35-2)13-11-24)27(34)33(30)22-28(21-31)14-7-15-28/h4-6,8-13H,3,7,14-20,22-23H2,1-2H3/t29-,30-. The van der Waals surface area contributed by atoms with Crippen molar-refractivity contribution in [1.29, 1.82) is 5.26 Å². The van der Waals surface area contributed by atoms with Crippen molar-refractivity contribution >= 4 is 6.03 Å². The van der Waals surface area contributed by atoms with Crippen LogP contribution in [0.4, 0.5) is 4.79 Å². The predicted octanol–water partition coefficient (Wildman–Crippen LogP) is 6.29. The zero-order valence-electron chi connectivity index (χ0n) is 21.1. The minimum atomic E-state index is -0.364. The summed E-state index contributed by atoms with van der Waals surface area (Å²) in [4.78, 5) is 18.0. The number of hydrogen-bond acceptors (Lipinski definition) is 3. The summed E-state index contributed by atoms with van der Waals surface area (Å²) >= 11 is 0. The van der Waals surface area contributed by atoms with Crippen LogP contribution in [0.1, 0.15) is 69.4 Å². The molecule has 0 bridgehead atoms. The Hall–Kier alpha value is -3.00. The largest absolute Gasteiger partial charge is 0.497 e. The Balaban J connectivity index is 1.41. The molecule has 5 rings (SSSR count). The summed E-state index contributed by atoms with van der Waals surface area (Å²) in [7, 11) is 1.67. The maximum atomic E-state index is 13.9. The van der Waals surface area contributed by atoms with Crippen molar-refractivity contribution in [3.8, 4) is 11.8 Å². The number of benzene rings is 2. The van der Waals surface area contributed by atoms with Gasteiger partial charge in [0.1, 0.15) is 5.75 Å². The molecule has 0 radical (unpaired) electrons. The first kappa shape index (κ1) is 23.7. The van der Waals surface area contributed by atoms with Gasteiger partial charge in [-0.3, -0.25) is 0 Å². The molecule has 5 nitrogen and oxygen atoms in total. The zero-order valence-corrected chi connectivity index (χ0v) is 21.1. The molecule has 3 fully saturated rings. The lowest BCUT2D eigenvalue weighted by molar-refractivity contribution is 0.0448. The maximum absolute atomic E-state index is 13.9. The maximum Gasteiger partial charge on any atom is 0.320 e. The molecule has 5 heteroatoms. The average molecular weight is 472 g/mol. The number of ether oxygens (including phenoxy) is 1. The number of methoxy groups -OCH3 is 1. The fourth-order valence-corrected chi connectivity index (χ4v) is 6.66. The molecule has 0 atom stereocenters. The molecule has 0 aromatic heterocycles. The number of nitriles is 1. The Kier molecular flexibility index (Phi) is 6.25. The van der Waals surface area contributed by atoms with E-state index in [1.807, 2.05) is 29.2 Å². The second-order valence-electron chi connectivity index (χ2n) is 11.0. The van der Waals surface area contributed by atoms with Crippen LogP contribution in [0.5, 0.6) is 5.75 Å². The van der Waals surface area contributed by atoms with E-state index in [0.29, 0.717) is 13.1 Å². The zero-order chi connectivity index (χ0) is 24.5. The molecule has 35 heavy (non-hydrogen) atoms. The monoisotopic (exact) mass is 471 g/mol. The molecule has 0 unspecified atom stereocenters. The van der Waals surface area contributed by atoms with Crippen LogP contribution in [0.2, 0.25) is 0 Å². The second-order valence-corrected chi connectivity index (χ2v) is 11.0. The lowest BCUT2D eigenvalue weighted by atomic mass is 9.62. The molecule has 3 aliphatic rings. The third-order valence-corrected chi connectivity index (χ3v) is 9.30. The smallest absolute Gasteiger partial charge is 0.320 e. The molecule has 1 aliphatic heterocycles. The lowest BCUT2D eigenvalue weighted by Gasteiger charge is -2.50. The summed E-state index contributed by atoms with van der Waals surface area (Å²) in [6.07, 6.45) is 8.14. The summed E-state index contributed by atoms with van der Waals surface area (Å²) in [5.41, 5.74) is 2.16. The van der Waals surface area contributed by atoms with E-state index in [9.17, 15) is 10.1 Å². The molecule has 0 N–H and O–H groups in total. The molecule has 2 aromatic rings. The van der Waals surface area contributed by atoms with E-state index in [4.69, 9.17) is 4.74 Å². The van der Waals surface area contributed by atoms with Crippen molar-refractivity contribution in [2.75, 3.05) is 20.2 Å². The van der Waals surface area contributed by atoms with Crippen molar-refractivity contribution < 1.29 is 9.53 Å². The van der Waals surface area contributed by atoms with Crippen molar-refractivity contribution in [3.63, 3.8) is 0 Å². The van der Waals surface area contributed by atoms with Gasteiger partial charge in [0, 0.05) is 19.6 Å². The molecule has 2 saturated carbocycles. The van der Waals surface area contributed by atoms with Gasteiger partial charge in [-0.25, -0.2) is 4.79 Å². The van der Waals surface area contributed by atoms with Gasteiger partial charge in [0.15, 0.2) is 0 Å². The number of amides is 2. The van der Waals surface area contributed by atoms with Gasteiger partial charge < -0.3 is 14.5 Å². The highest BCUT2D eigenvalue weighted by Crippen LogP contribution is 2.51. The van der Waals surface area contributed by atoms with Gasteiger partial charge in [-0.05, 0) is 73.6 Å². The molecule has 1 spiro atoms. The van der Waals surface area contributed by atoms with Crippen LogP contribution in [-0.2, 0) is 12.0 Å². The SMILES string of the molecule is CC[C@]1(c2ccccc2)CC[C@]2(CC1)CN(Cc1ccc(OC)cc1)C(=O)N2CC1(C#N)CCC1. The van der Waals surface area contributed by atoms with Gasteiger partial charge in [0.05, 0.1) is 24.1 Å². The summed E-state index contributed by atoms with van der Waals surface area (Å²) in [5.74, 6) is 0.824. The minimum Gasteiger partial charge on any atom is -0.497 e. The van der Waals surface area contributed by atoms with Gasteiger partial charge in [-0.15, -0.1) is 0 Å². The predicted molar refractivity (Wildman–Crippen MR) is 137 cm³/mol. The van der Waals surface area contributed by atoms with E-state index < -0.39 is 0 Å². The Morgan fingerprint density at radius 1 is 0.971 bits per heavy atom. The Morgan fingerprint density at radius 3 is 2.20 bits per heavy atom. The van der Waals surface area contributed by atoms with Crippen LogP contribution in [0, 0.1) is 16.7 Å². The van der Waals surface area contributed by atoms with Crippen molar-refractivity contribution in [2.45, 2.75) is 75.8 Å². The number of carbonyl (C=O) groups is 1. The molecule has 2 amide bonds. The summed E-state index contributed by atoms with van der Waals surface area (Å²) in [6, 6.07) is 21.6. The highest BCUT2D eigenvalue weighted by atomic mass is 16.5. The number of urea groups is 1. The minimum absolute atomic E-state index is 0.103. The van der Waals surface area contributed by atoms with E-state index in [1.54, 1.807) is 7.11 Å². The van der Waals surface area contributed by atoms with E-state index in [2.05, 4.69) is 48.2 Å². The third kappa shape index (κ3) is 4.18. The van der Waals surface area contributed by atoms with E-state index >= 15 is 0 Å². The first-order chi connectivity index (χ1) is 17.0. The number of carbonyl (C=O) groups excluding carboxylic acids is 1. The number of hydrogen-bond donors (Lipinski definition) is 0. The van der Waals surface area contributed by atoms with Gasteiger partial charge in [-0.1, -0.05) is 55.8 Å². The topological polar surface area (TPSA) is 56.6 Å². The van der Waals surface area contributed by atoms with Crippen molar-refractivity contribution in [2.24, 2.45) is 5.41 Å². The van der Waals surface area contributed by atoms with Crippen molar-refractivity contribution in [1.82, 2.24) is 9.80 Å². The highest BCUT2D eigenvalue weighted by Gasteiger charge is 2.56. The molecule has 184 valence electrons. The first-order valence-electron chi connectivity index (χ1n) is 13.1. The quantitative estimate of drug-likeness (QED) is 0.477. The molecule has 2 aromatic carbocycles. The summed E-state index contributed by atoms with van der Waals surface area (Å²) in [6.45, 7) is 4.22. The summed E-state index contributed by atoms with van der Waals surface area (Å²) in [5, 5.41) is 9.98. The van der Waals surface area contributed by atoms with Crippen LogP contribution in [-0.4, -0.2) is 41.6 Å². The van der Waals surface area contributed by atoms with Gasteiger partial charge in [-0.2, -0.15) is 5.26 Å². The molecule has 1 heterocycles. The van der Waals surface area contributed by atoms with Gasteiger partial charge >= 0.3 is 6.03 Å². The van der Waals surface area contributed by atoms with Crippen LogP contribution in [0.15, 0.2) is 54.6 Å². The highest BCUT2D eigenvalue weighted by molar-refractivity contribution is 5.78. The van der Waals surface area contributed by atoms with Crippen LogP contribution in [0.25, 0.3) is 0 Å². The Bertz CT molecular complexity index is 1080. The molecular weight excluding hydrogens is 434 g/mol. The second kappa shape index (κ2) is 9.22. The van der Waals surface area contributed by atoms with Crippen LogP contribution < -0.4 is 4.74 Å². The van der Waals surface area contributed by atoms with Crippen LogP contribution >= 0.6 is 0 Å². The van der Waals surface area contributed by atoms with E-state index in [1.165, 1.54) is 5.56 Å². The molecule has 1 saturated heterocycles. The Labute approximate surface area is 209 Å². The van der Waals surface area contributed by atoms with Gasteiger partial charge in [0.25, 0.3) is 0 Å². The van der Waals surface area contributed by atoms with Crippen molar-refractivity contribution in [3.05, 3.63) is 65.7 Å². The molecular formula is C30H37N3O2.